The fourth-order valence-corrected chi connectivity index (χ4v) is 4.16. The summed E-state index contributed by atoms with van der Waals surface area (Å²) in [5.74, 6) is 1.04. The zero-order valence-electron chi connectivity index (χ0n) is 14.8. The second-order valence-corrected chi connectivity index (χ2v) is 7.67. The first kappa shape index (κ1) is 16.8. The highest BCUT2D eigenvalue weighted by atomic mass is 32.1. The maximum Gasteiger partial charge on any atom is 0.280 e. The van der Waals surface area contributed by atoms with Gasteiger partial charge in [-0.25, -0.2) is 4.98 Å². The fourth-order valence-electron chi connectivity index (χ4n) is 3.22. The smallest absolute Gasteiger partial charge is 0.280 e. The van der Waals surface area contributed by atoms with E-state index in [-0.39, 0.29) is 5.56 Å². The summed E-state index contributed by atoms with van der Waals surface area (Å²) in [4.78, 5) is 20.1. The van der Waals surface area contributed by atoms with Crippen LogP contribution in [0.2, 0.25) is 0 Å². The van der Waals surface area contributed by atoms with E-state index < -0.39 is 0 Å². The standard InChI is InChI=1S/C20H22N4OS/c1-15-7-8-19(21-14-15)23-11-9-17(10-12-23)22-24-20(25)13-18(26-24)16-5-3-2-4-6-16/h2-8,13-14,17,22H,9-12H2,1H3. The van der Waals surface area contributed by atoms with Crippen molar-refractivity contribution in [2.45, 2.75) is 25.8 Å². The molecule has 6 heteroatoms. The molecule has 1 saturated heterocycles. The second-order valence-electron chi connectivity index (χ2n) is 6.68. The average Bonchev–Trinajstić information content (AvgIpc) is 3.04. The third kappa shape index (κ3) is 3.65. The Morgan fingerprint density at radius 3 is 2.58 bits per heavy atom. The summed E-state index contributed by atoms with van der Waals surface area (Å²) >= 11 is 1.47. The van der Waals surface area contributed by atoms with Gasteiger partial charge in [0.15, 0.2) is 0 Å². The number of rotatable bonds is 4. The molecule has 0 bridgehead atoms. The molecule has 1 aliphatic heterocycles. The summed E-state index contributed by atoms with van der Waals surface area (Å²) < 4.78 is 1.67. The Kier molecular flexibility index (Phi) is 4.75. The molecule has 1 aliphatic rings. The summed E-state index contributed by atoms with van der Waals surface area (Å²) in [7, 11) is 0. The summed E-state index contributed by atoms with van der Waals surface area (Å²) in [5, 5.41) is 0. The highest BCUT2D eigenvalue weighted by Gasteiger charge is 2.21. The predicted octanol–water partition coefficient (Wildman–Crippen LogP) is 3.49. The molecule has 5 nitrogen and oxygen atoms in total. The molecule has 1 N–H and O–H groups in total. The van der Waals surface area contributed by atoms with Crippen LogP contribution in [0, 0.1) is 6.92 Å². The molecule has 0 aliphatic carbocycles. The predicted molar refractivity (Wildman–Crippen MR) is 108 cm³/mol. The average molecular weight is 366 g/mol. The first-order valence-electron chi connectivity index (χ1n) is 8.92. The van der Waals surface area contributed by atoms with Crippen molar-refractivity contribution in [3.8, 4) is 10.4 Å². The molecule has 26 heavy (non-hydrogen) atoms. The van der Waals surface area contributed by atoms with Crippen molar-refractivity contribution in [3.63, 3.8) is 0 Å². The number of anilines is 1. The zero-order chi connectivity index (χ0) is 17.9. The van der Waals surface area contributed by atoms with E-state index in [0.717, 1.165) is 42.2 Å². The Morgan fingerprint density at radius 1 is 1.12 bits per heavy atom. The zero-order valence-corrected chi connectivity index (χ0v) is 15.6. The number of benzene rings is 1. The van der Waals surface area contributed by atoms with Gasteiger partial charge >= 0.3 is 0 Å². The van der Waals surface area contributed by atoms with Crippen LogP contribution in [0.1, 0.15) is 18.4 Å². The van der Waals surface area contributed by atoms with Crippen molar-refractivity contribution in [3.05, 3.63) is 70.6 Å². The van der Waals surface area contributed by atoms with E-state index in [1.54, 1.807) is 10.1 Å². The minimum Gasteiger partial charge on any atom is -0.356 e. The highest BCUT2D eigenvalue weighted by molar-refractivity contribution is 7.10. The summed E-state index contributed by atoms with van der Waals surface area (Å²) in [6.07, 6.45) is 3.89. The van der Waals surface area contributed by atoms with Gasteiger partial charge in [0.25, 0.3) is 5.56 Å². The van der Waals surface area contributed by atoms with Crippen molar-refractivity contribution in [2.24, 2.45) is 0 Å². The monoisotopic (exact) mass is 366 g/mol. The quantitative estimate of drug-likeness (QED) is 0.768. The van der Waals surface area contributed by atoms with Gasteiger partial charge in [-0.15, -0.1) is 0 Å². The largest absolute Gasteiger partial charge is 0.356 e. The van der Waals surface area contributed by atoms with E-state index in [2.05, 4.69) is 34.4 Å². The molecule has 1 aromatic carbocycles. The number of nitrogens with zero attached hydrogens (tertiary/aromatic N) is 3. The van der Waals surface area contributed by atoms with Crippen LogP contribution in [-0.4, -0.2) is 28.2 Å². The van der Waals surface area contributed by atoms with Crippen LogP contribution in [0.5, 0.6) is 0 Å². The molecular formula is C20H22N4OS. The van der Waals surface area contributed by atoms with Crippen molar-refractivity contribution in [1.29, 1.82) is 0 Å². The number of pyridine rings is 1. The Hall–Kier alpha value is -2.60. The van der Waals surface area contributed by atoms with Crippen LogP contribution < -0.4 is 15.9 Å². The Balaban J connectivity index is 1.40. The molecule has 134 valence electrons. The van der Waals surface area contributed by atoms with Crippen molar-refractivity contribution in [2.75, 3.05) is 23.4 Å². The van der Waals surface area contributed by atoms with E-state index >= 15 is 0 Å². The number of nitrogens with one attached hydrogen (secondary N) is 1. The normalized spacial score (nSPS) is 15.2. The molecule has 0 spiro atoms. The van der Waals surface area contributed by atoms with Crippen LogP contribution in [0.4, 0.5) is 5.82 Å². The Morgan fingerprint density at radius 2 is 1.88 bits per heavy atom. The molecule has 0 atom stereocenters. The Bertz CT molecular complexity index is 909. The molecule has 4 rings (SSSR count). The maximum atomic E-state index is 12.3. The lowest BCUT2D eigenvalue weighted by Gasteiger charge is -2.33. The van der Waals surface area contributed by atoms with Gasteiger partial charge in [-0.05, 0) is 48.5 Å². The summed E-state index contributed by atoms with van der Waals surface area (Å²) in [5.41, 5.74) is 5.66. The molecule has 3 aromatic rings. The first-order chi connectivity index (χ1) is 12.7. The van der Waals surface area contributed by atoms with E-state index in [1.807, 2.05) is 36.5 Å². The van der Waals surface area contributed by atoms with Gasteiger partial charge in [0.05, 0.1) is 4.88 Å². The lowest BCUT2D eigenvalue weighted by molar-refractivity contribution is 0.496. The molecule has 0 saturated carbocycles. The number of aromatic nitrogens is 2. The van der Waals surface area contributed by atoms with Gasteiger partial charge in [-0.3, -0.25) is 4.79 Å². The van der Waals surface area contributed by atoms with E-state index in [9.17, 15) is 4.79 Å². The molecule has 1 fully saturated rings. The lowest BCUT2D eigenvalue weighted by Crippen LogP contribution is -2.43. The molecular weight excluding hydrogens is 344 g/mol. The third-order valence-corrected chi connectivity index (χ3v) is 5.74. The summed E-state index contributed by atoms with van der Waals surface area (Å²) in [6.45, 7) is 3.94. The maximum absolute atomic E-state index is 12.3. The van der Waals surface area contributed by atoms with E-state index in [1.165, 1.54) is 17.1 Å². The molecule has 0 radical (unpaired) electrons. The van der Waals surface area contributed by atoms with Crippen LogP contribution in [0.25, 0.3) is 10.4 Å². The van der Waals surface area contributed by atoms with Gasteiger partial charge in [0.1, 0.15) is 5.82 Å². The second kappa shape index (κ2) is 7.33. The van der Waals surface area contributed by atoms with Crippen molar-refractivity contribution in [1.82, 2.24) is 9.05 Å². The van der Waals surface area contributed by atoms with Crippen LogP contribution in [0.3, 0.4) is 0 Å². The van der Waals surface area contributed by atoms with Gasteiger partial charge in [0, 0.05) is 31.4 Å². The lowest BCUT2D eigenvalue weighted by atomic mass is 10.1. The molecule has 2 aromatic heterocycles. The van der Waals surface area contributed by atoms with Crippen molar-refractivity contribution < 1.29 is 0 Å². The SMILES string of the molecule is Cc1ccc(N2CCC(Nn3sc(-c4ccccc4)cc3=O)CC2)nc1. The number of hydrogen-bond acceptors (Lipinski definition) is 5. The van der Waals surface area contributed by atoms with Crippen LogP contribution >= 0.6 is 11.5 Å². The summed E-state index contributed by atoms with van der Waals surface area (Å²) in [6, 6.07) is 16.2. The molecule has 3 heterocycles. The van der Waals surface area contributed by atoms with E-state index in [4.69, 9.17) is 0 Å². The number of piperidine rings is 1. The van der Waals surface area contributed by atoms with E-state index in [0.29, 0.717) is 6.04 Å². The van der Waals surface area contributed by atoms with Gasteiger partial charge in [0.2, 0.25) is 0 Å². The Labute approximate surface area is 157 Å². The minimum atomic E-state index is 0.0106. The topological polar surface area (TPSA) is 50.2 Å². The van der Waals surface area contributed by atoms with Gasteiger partial charge < -0.3 is 10.3 Å². The third-order valence-electron chi connectivity index (χ3n) is 4.72. The van der Waals surface area contributed by atoms with Crippen molar-refractivity contribution >= 4 is 17.4 Å². The van der Waals surface area contributed by atoms with Gasteiger partial charge in [-0.1, -0.05) is 36.4 Å². The van der Waals surface area contributed by atoms with Crippen LogP contribution in [-0.2, 0) is 0 Å². The minimum absolute atomic E-state index is 0.0106. The number of hydrogen-bond donors (Lipinski definition) is 1. The molecule has 0 amide bonds. The fraction of sp³-hybridized carbons (Fsp3) is 0.300. The molecule has 0 unspecified atom stereocenters. The first-order valence-corrected chi connectivity index (χ1v) is 9.69. The van der Waals surface area contributed by atoms with Crippen LogP contribution in [0.15, 0.2) is 59.5 Å². The van der Waals surface area contributed by atoms with Gasteiger partial charge in [-0.2, -0.15) is 4.07 Å². The highest BCUT2D eigenvalue weighted by Crippen LogP contribution is 2.23. The number of aryl methyl sites for hydroxylation is 1.